The average Bonchev–Trinajstić information content (AvgIpc) is 1.96. The van der Waals surface area contributed by atoms with Crippen LogP contribution in [0.4, 0.5) is 8.78 Å². The summed E-state index contributed by atoms with van der Waals surface area (Å²) in [6.07, 6.45) is -3.09. The molecule has 0 saturated carbocycles. The minimum Gasteiger partial charge on any atom is -0.350 e. The second-order valence-electron chi connectivity index (χ2n) is 3.82. The van der Waals surface area contributed by atoms with E-state index in [4.69, 9.17) is 0 Å². The zero-order valence-corrected chi connectivity index (χ0v) is 8.36. The lowest BCUT2D eigenvalue weighted by Gasteiger charge is -2.20. The van der Waals surface area contributed by atoms with Crippen LogP contribution in [0.25, 0.3) is 0 Å². The molecule has 0 aromatic rings. The molecule has 0 radical (unpaired) electrons. The van der Waals surface area contributed by atoms with Crippen LogP contribution in [0, 0.1) is 0 Å². The Bertz CT molecular complexity index is 224. The molecule has 0 aromatic carbocycles. The van der Waals surface area contributed by atoms with E-state index < -0.39 is 30.3 Å². The maximum atomic E-state index is 11.7. The van der Waals surface area contributed by atoms with Crippen molar-refractivity contribution in [2.24, 2.45) is 0 Å². The highest BCUT2D eigenvalue weighted by Crippen LogP contribution is 1.97. The molecule has 0 aromatic heterocycles. The van der Waals surface area contributed by atoms with Crippen molar-refractivity contribution in [2.75, 3.05) is 6.54 Å². The molecule has 0 saturated heterocycles. The first-order valence-corrected chi connectivity index (χ1v) is 4.09. The fourth-order valence-corrected chi connectivity index (χ4v) is 0.707. The number of carbonyl (C=O) groups excluding carboxylic acids is 2. The fourth-order valence-electron chi connectivity index (χ4n) is 0.707. The summed E-state index contributed by atoms with van der Waals surface area (Å²) in [7, 11) is 0. The summed E-state index contributed by atoms with van der Waals surface area (Å²) in [4.78, 5) is 21.4. The summed E-state index contributed by atoms with van der Waals surface area (Å²) in [6.45, 7) is 4.82. The zero-order valence-electron chi connectivity index (χ0n) is 8.36. The van der Waals surface area contributed by atoms with E-state index in [9.17, 15) is 18.4 Å². The fraction of sp³-hybridized carbons (Fsp3) is 0.750. The van der Waals surface area contributed by atoms with Crippen molar-refractivity contribution < 1.29 is 18.4 Å². The minimum absolute atomic E-state index is 0.430. The number of carbonyl (C=O) groups is 2. The molecule has 0 aliphatic rings. The summed E-state index contributed by atoms with van der Waals surface area (Å²) < 4.78 is 23.3. The van der Waals surface area contributed by atoms with Gasteiger partial charge in [0.15, 0.2) is 0 Å². The summed E-state index contributed by atoms with van der Waals surface area (Å²) in [5, 5.41) is 4.32. The monoisotopic (exact) mass is 208 g/mol. The van der Waals surface area contributed by atoms with Crippen molar-refractivity contribution in [1.82, 2.24) is 10.6 Å². The van der Waals surface area contributed by atoms with Crippen LogP contribution in [0.5, 0.6) is 0 Å². The molecule has 0 aliphatic carbocycles. The van der Waals surface area contributed by atoms with Crippen LogP contribution < -0.4 is 10.6 Å². The molecule has 0 aliphatic heterocycles. The van der Waals surface area contributed by atoms with E-state index in [1.165, 1.54) is 0 Å². The highest BCUT2D eigenvalue weighted by molar-refractivity contribution is 5.86. The van der Waals surface area contributed by atoms with Gasteiger partial charge >= 0.3 is 6.43 Å². The zero-order chi connectivity index (χ0) is 11.4. The van der Waals surface area contributed by atoms with Crippen LogP contribution in [0.1, 0.15) is 20.8 Å². The van der Waals surface area contributed by atoms with Gasteiger partial charge in [0, 0.05) is 5.54 Å². The second-order valence-corrected chi connectivity index (χ2v) is 3.82. The quantitative estimate of drug-likeness (QED) is 0.700. The molecule has 0 fully saturated rings. The maximum Gasteiger partial charge on any atom is 0.315 e. The Kier molecular flexibility index (Phi) is 4.46. The Morgan fingerprint density at radius 2 is 1.79 bits per heavy atom. The van der Waals surface area contributed by atoms with Gasteiger partial charge in [-0.1, -0.05) is 0 Å². The van der Waals surface area contributed by atoms with Gasteiger partial charge < -0.3 is 10.6 Å². The number of hydrogen-bond donors (Lipinski definition) is 2. The molecule has 0 unspecified atom stereocenters. The van der Waals surface area contributed by atoms with Gasteiger partial charge in [-0.25, -0.2) is 0 Å². The summed E-state index contributed by atoms with van der Waals surface area (Å²) in [6, 6.07) is 0. The second kappa shape index (κ2) is 4.88. The summed E-state index contributed by atoms with van der Waals surface area (Å²) in [5.41, 5.74) is -0.438. The number of rotatable bonds is 3. The molecule has 2 amide bonds. The van der Waals surface area contributed by atoms with Crippen LogP contribution in [-0.4, -0.2) is 30.3 Å². The minimum atomic E-state index is -3.09. The van der Waals surface area contributed by atoms with E-state index >= 15 is 0 Å². The Balaban J connectivity index is 3.81. The number of hydrogen-bond acceptors (Lipinski definition) is 2. The third-order valence-corrected chi connectivity index (χ3v) is 1.14. The molecular weight excluding hydrogens is 194 g/mol. The topological polar surface area (TPSA) is 58.2 Å². The third-order valence-electron chi connectivity index (χ3n) is 1.14. The van der Waals surface area contributed by atoms with Crippen LogP contribution in [-0.2, 0) is 9.59 Å². The molecule has 4 nitrogen and oxygen atoms in total. The Labute approximate surface area is 81.0 Å². The van der Waals surface area contributed by atoms with Gasteiger partial charge in [-0.05, 0) is 20.8 Å². The van der Waals surface area contributed by atoms with E-state index in [1.54, 1.807) is 26.1 Å². The lowest BCUT2D eigenvalue weighted by atomic mass is 10.1. The molecular formula is C8H14F2N2O2. The Morgan fingerprint density at radius 1 is 1.29 bits per heavy atom. The Hall–Kier alpha value is -1.20. The number of nitrogens with one attached hydrogen (secondary N) is 2. The van der Waals surface area contributed by atoms with Crippen molar-refractivity contribution >= 4 is 11.8 Å². The van der Waals surface area contributed by atoms with Gasteiger partial charge in [-0.3, -0.25) is 9.59 Å². The number of alkyl halides is 2. The van der Waals surface area contributed by atoms with Crippen molar-refractivity contribution in [2.45, 2.75) is 32.7 Å². The van der Waals surface area contributed by atoms with Gasteiger partial charge in [-0.2, -0.15) is 8.78 Å². The van der Waals surface area contributed by atoms with Gasteiger partial charge in [0.05, 0.1) is 6.54 Å². The predicted octanol–water partition coefficient (Wildman–Crippen LogP) is 0.282. The normalized spacial score (nSPS) is 11.3. The van der Waals surface area contributed by atoms with Crippen molar-refractivity contribution in [3.63, 3.8) is 0 Å². The maximum absolute atomic E-state index is 11.7. The molecule has 2 N–H and O–H groups in total. The van der Waals surface area contributed by atoms with E-state index in [2.05, 4.69) is 5.32 Å². The highest BCUT2D eigenvalue weighted by atomic mass is 19.3. The van der Waals surface area contributed by atoms with Crippen LogP contribution >= 0.6 is 0 Å². The molecule has 0 rings (SSSR count). The van der Waals surface area contributed by atoms with E-state index in [0.717, 1.165) is 0 Å². The first-order valence-electron chi connectivity index (χ1n) is 4.09. The number of halogens is 2. The van der Waals surface area contributed by atoms with Crippen molar-refractivity contribution in [3.8, 4) is 0 Å². The SMILES string of the molecule is CC(C)(C)NC(=O)CNC(=O)C(F)F. The summed E-state index contributed by atoms with van der Waals surface area (Å²) in [5.74, 6) is -1.93. The van der Waals surface area contributed by atoms with E-state index in [0.29, 0.717) is 0 Å². The van der Waals surface area contributed by atoms with E-state index in [1.807, 2.05) is 0 Å². The molecule has 0 atom stereocenters. The lowest BCUT2D eigenvalue weighted by molar-refractivity contribution is -0.134. The first kappa shape index (κ1) is 12.8. The standard InChI is InChI=1S/C8H14F2N2O2/c1-8(2,3)12-5(13)4-11-7(14)6(9)10/h6H,4H2,1-3H3,(H,11,14)(H,12,13). The molecule has 0 heterocycles. The van der Waals surface area contributed by atoms with Crippen molar-refractivity contribution in [1.29, 1.82) is 0 Å². The molecule has 0 bridgehead atoms. The van der Waals surface area contributed by atoms with Gasteiger partial charge in [0.2, 0.25) is 5.91 Å². The molecule has 82 valence electrons. The smallest absolute Gasteiger partial charge is 0.315 e. The van der Waals surface area contributed by atoms with Gasteiger partial charge in [0.1, 0.15) is 0 Å². The van der Waals surface area contributed by atoms with E-state index in [-0.39, 0.29) is 0 Å². The average molecular weight is 208 g/mol. The molecule has 0 spiro atoms. The van der Waals surface area contributed by atoms with Crippen molar-refractivity contribution in [3.05, 3.63) is 0 Å². The lowest BCUT2D eigenvalue weighted by Crippen LogP contribution is -2.46. The highest BCUT2D eigenvalue weighted by Gasteiger charge is 2.17. The molecule has 14 heavy (non-hydrogen) atoms. The third kappa shape index (κ3) is 6.33. The van der Waals surface area contributed by atoms with Crippen LogP contribution in [0.3, 0.4) is 0 Å². The molecule has 6 heteroatoms. The predicted molar refractivity (Wildman–Crippen MR) is 46.9 cm³/mol. The largest absolute Gasteiger partial charge is 0.350 e. The first-order chi connectivity index (χ1) is 6.22. The number of amides is 2. The van der Waals surface area contributed by atoms with Crippen LogP contribution in [0.2, 0.25) is 0 Å². The van der Waals surface area contributed by atoms with Gasteiger partial charge in [-0.15, -0.1) is 0 Å². The van der Waals surface area contributed by atoms with Crippen LogP contribution in [0.15, 0.2) is 0 Å². The Morgan fingerprint density at radius 3 is 2.14 bits per heavy atom. The summed E-state index contributed by atoms with van der Waals surface area (Å²) >= 11 is 0. The van der Waals surface area contributed by atoms with Gasteiger partial charge in [0.25, 0.3) is 5.91 Å².